The van der Waals surface area contributed by atoms with E-state index in [0.29, 0.717) is 11.9 Å². The van der Waals surface area contributed by atoms with Crippen molar-refractivity contribution in [2.75, 3.05) is 6.54 Å². The topological polar surface area (TPSA) is 53.2 Å². The van der Waals surface area contributed by atoms with Crippen LogP contribution in [0.2, 0.25) is 0 Å². The Morgan fingerprint density at radius 3 is 2.62 bits per heavy atom. The van der Waals surface area contributed by atoms with Gasteiger partial charge in [-0.05, 0) is 30.5 Å². The number of amides is 1. The summed E-state index contributed by atoms with van der Waals surface area (Å²) >= 11 is 0. The summed E-state index contributed by atoms with van der Waals surface area (Å²) < 4.78 is 0. The summed E-state index contributed by atoms with van der Waals surface area (Å²) in [5, 5.41) is 0.554. The first-order valence-corrected chi connectivity index (χ1v) is 8.22. The molecule has 0 radical (unpaired) electrons. The number of likely N-dealkylation sites (tertiary alicyclic amines) is 1. The fraction of sp³-hybridized carbons (Fsp3) is 0.200. The molecule has 0 aliphatic carbocycles. The number of benzene rings is 2. The average Bonchev–Trinajstić information content (AvgIpc) is 3.12. The Kier molecular flexibility index (Phi) is 3.65. The lowest BCUT2D eigenvalue weighted by atomic mass is 10.0. The molecule has 1 fully saturated rings. The van der Waals surface area contributed by atoms with Crippen LogP contribution in [0.5, 0.6) is 0 Å². The maximum atomic E-state index is 13.0. The van der Waals surface area contributed by atoms with Crippen LogP contribution in [0.1, 0.15) is 34.8 Å². The Hall–Kier alpha value is -2.88. The first kappa shape index (κ1) is 14.7. The fourth-order valence-electron chi connectivity index (χ4n) is 3.51. The monoisotopic (exact) mass is 318 g/mol. The number of aromatic nitrogens is 1. The molecule has 1 atom stereocenters. The number of fused-ring (bicyclic) bond motifs is 1. The molecule has 120 valence electrons. The minimum atomic E-state index is -0.201. The van der Waals surface area contributed by atoms with E-state index >= 15 is 0 Å². The molecular weight excluding hydrogens is 300 g/mol. The molecule has 1 saturated heterocycles. The lowest BCUT2D eigenvalue weighted by Crippen LogP contribution is -2.34. The van der Waals surface area contributed by atoms with E-state index < -0.39 is 0 Å². The Labute approximate surface area is 139 Å². The molecule has 4 heteroatoms. The fourth-order valence-corrected chi connectivity index (χ4v) is 3.51. The Balaban J connectivity index is 1.73. The highest BCUT2D eigenvalue weighted by Crippen LogP contribution is 2.32. The third-order valence-electron chi connectivity index (χ3n) is 4.72. The standard InChI is InChI=1S/C20H18N2O2/c23-19-15-9-4-5-10-17(15)21-13-16(19)20(24)22-12-6-11-18(22)14-7-2-1-3-8-14/h1-5,7-10,13,18H,6,11-12H2,(H,21,23)/t18-/m0/s1. The van der Waals surface area contributed by atoms with Gasteiger partial charge in [0.25, 0.3) is 5.91 Å². The number of pyridine rings is 1. The van der Waals surface area contributed by atoms with Crippen molar-refractivity contribution in [3.8, 4) is 0 Å². The highest BCUT2D eigenvalue weighted by molar-refractivity contribution is 5.97. The van der Waals surface area contributed by atoms with E-state index in [1.807, 2.05) is 53.4 Å². The first-order valence-electron chi connectivity index (χ1n) is 8.22. The van der Waals surface area contributed by atoms with Crippen LogP contribution >= 0.6 is 0 Å². The third kappa shape index (κ3) is 2.40. The largest absolute Gasteiger partial charge is 0.360 e. The third-order valence-corrected chi connectivity index (χ3v) is 4.72. The van der Waals surface area contributed by atoms with Gasteiger partial charge in [0.15, 0.2) is 0 Å². The van der Waals surface area contributed by atoms with Crippen LogP contribution in [-0.2, 0) is 0 Å². The van der Waals surface area contributed by atoms with Gasteiger partial charge in [-0.3, -0.25) is 9.59 Å². The van der Waals surface area contributed by atoms with Crippen LogP contribution < -0.4 is 5.43 Å². The van der Waals surface area contributed by atoms with Crippen molar-refractivity contribution in [1.82, 2.24) is 9.88 Å². The van der Waals surface area contributed by atoms with E-state index in [-0.39, 0.29) is 22.9 Å². The molecule has 1 amide bonds. The van der Waals surface area contributed by atoms with Crippen LogP contribution in [0.25, 0.3) is 10.9 Å². The number of para-hydroxylation sites is 1. The van der Waals surface area contributed by atoms with E-state index in [9.17, 15) is 9.59 Å². The van der Waals surface area contributed by atoms with Crippen LogP contribution in [-0.4, -0.2) is 22.3 Å². The predicted octanol–water partition coefficient (Wildman–Crippen LogP) is 3.51. The van der Waals surface area contributed by atoms with Crippen molar-refractivity contribution in [1.29, 1.82) is 0 Å². The van der Waals surface area contributed by atoms with Gasteiger partial charge in [0.1, 0.15) is 5.56 Å². The number of aromatic amines is 1. The number of carbonyl (C=O) groups is 1. The van der Waals surface area contributed by atoms with Crippen molar-refractivity contribution in [3.05, 3.63) is 82.1 Å². The van der Waals surface area contributed by atoms with Crippen LogP contribution in [0.4, 0.5) is 0 Å². The molecule has 0 spiro atoms. The van der Waals surface area contributed by atoms with E-state index in [1.165, 1.54) is 0 Å². The van der Waals surface area contributed by atoms with Gasteiger partial charge in [-0.2, -0.15) is 0 Å². The molecule has 0 unspecified atom stereocenters. The number of nitrogens with zero attached hydrogens (tertiary/aromatic N) is 1. The number of H-pyrrole nitrogens is 1. The minimum absolute atomic E-state index is 0.0459. The molecule has 1 aromatic heterocycles. The van der Waals surface area contributed by atoms with Crippen LogP contribution in [0, 0.1) is 0 Å². The van der Waals surface area contributed by atoms with Gasteiger partial charge in [0.2, 0.25) is 5.43 Å². The van der Waals surface area contributed by atoms with Crippen LogP contribution in [0.15, 0.2) is 65.6 Å². The molecule has 1 aliphatic heterocycles. The summed E-state index contributed by atoms with van der Waals surface area (Å²) in [6, 6.07) is 17.3. The molecule has 4 nitrogen and oxygen atoms in total. The molecule has 1 N–H and O–H groups in total. The second-order valence-electron chi connectivity index (χ2n) is 6.14. The number of hydrogen-bond acceptors (Lipinski definition) is 2. The van der Waals surface area contributed by atoms with Crippen molar-refractivity contribution in [2.24, 2.45) is 0 Å². The highest BCUT2D eigenvalue weighted by Gasteiger charge is 2.31. The molecule has 24 heavy (non-hydrogen) atoms. The number of carbonyl (C=O) groups excluding carboxylic acids is 1. The van der Waals surface area contributed by atoms with E-state index in [1.54, 1.807) is 12.3 Å². The highest BCUT2D eigenvalue weighted by atomic mass is 16.2. The summed E-state index contributed by atoms with van der Waals surface area (Å²) in [7, 11) is 0. The van der Waals surface area contributed by atoms with Crippen molar-refractivity contribution in [2.45, 2.75) is 18.9 Å². The zero-order valence-corrected chi connectivity index (χ0v) is 13.2. The molecular formula is C20H18N2O2. The van der Waals surface area contributed by atoms with Gasteiger partial charge in [-0.15, -0.1) is 0 Å². The minimum Gasteiger partial charge on any atom is -0.360 e. The summed E-state index contributed by atoms with van der Waals surface area (Å²) in [5.41, 5.74) is 1.89. The normalized spacial score (nSPS) is 17.3. The predicted molar refractivity (Wildman–Crippen MR) is 94.0 cm³/mol. The molecule has 2 heterocycles. The van der Waals surface area contributed by atoms with Crippen molar-refractivity contribution in [3.63, 3.8) is 0 Å². The Morgan fingerprint density at radius 1 is 1.04 bits per heavy atom. The number of nitrogens with one attached hydrogen (secondary N) is 1. The summed E-state index contributed by atoms with van der Waals surface area (Å²) in [6.45, 7) is 0.685. The van der Waals surface area contributed by atoms with Gasteiger partial charge in [0.05, 0.1) is 6.04 Å². The van der Waals surface area contributed by atoms with Gasteiger partial charge in [0, 0.05) is 23.6 Å². The second kappa shape index (κ2) is 5.96. The SMILES string of the molecule is O=C(c1c[nH]c2ccccc2c1=O)N1CCC[C@H]1c1ccccc1. The second-order valence-corrected chi connectivity index (χ2v) is 6.14. The summed E-state index contributed by atoms with van der Waals surface area (Å²) in [6.07, 6.45) is 3.44. The summed E-state index contributed by atoms with van der Waals surface area (Å²) in [5.74, 6) is -0.187. The molecule has 0 saturated carbocycles. The van der Waals surface area contributed by atoms with Gasteiger partial charge in [-0.1, -0.05) is 42.5 Å². The molecule has 1 aliphatic rings. The zero-order chi connectivity index (χ0) is 16.5. The number of rotatable bonds is 2. The summed E-state index contributed by atoms with van der Waals surface area (Å²) in [4.78, 5) is 30.6. The van der Waals surface area contributed by atoms with Crippen molar-refractivity contribution < 1.29 is 4.79 Å². The maximum absolute atomic E-state index is 13.0. The lowest BCUT2D eigenvalue weighted by Gasteiger charge is -2.25. The Bertz CT molecular complexity index is 947. The van der Waals surface area contributed by atoms with E-state index in [4.69, 9.17) is 0 Å². The molecule has 0 bridgehead atoms. The Morgan fingerprint density at radius 2 is 1.79 bits per heavy atom. The lowest BCUT2D eigenvalue weighted by molar-refractivity contribution is 0.0734. The zero-order valence-electron chi connectivity index (χ0n) is 13.2. The average molecular weight is 318 g/mol. The molecule has 2 aromatic carbocycles. The van der Waals surface area contributed by atoms with E-state index in [0.717, 1.165) is 23.9 Å². The van der Waals surface area contributed by atoms with Crippen molar-refractivity contribution >= 4 is 16.8 Å². The quantitative estimate of drug-likeness (QED) is 0.786. The first-order chi connectivity index (χ1) is 11.8. The maximum Gasteiger partial charge on any atom is 0.259 e. The van der Waals surface area contributed by atoms with Gasteiger partial charge >= 0.3 is 0 Å². The molecule has 4 rings (SSSR count). The smallest absolute Gasteiger partial charge is 0.259 e. The van der Waals surface area contributed by atoms with Crippen LogP contribution in [0.3, 0.4) is 0 Å². The number of hydrogen-bond donors (Lipinski definition) is 1. The van der Waals surface area contributed by atoms with E-state index in [2.05, 4.69) is 4.98 Å². The van der Waals surface area contributed by atoms with Gasteiger partial charge in [-0.25, -0.2) is 0 Å². The molecule has 3 aromatic rings. The van der Waals surface area contributed by atoms with Gasteiger partial charge < -0.3 is 9.88 Å².